The van der Waals surface area contributed by atoms with Crippen LogP contribution in [0.4, 0.5) is 0 Å². The van der Waals surface area contributed by atoms with Crippen LogP contribution in [0, 0.1) is 17.3 Å². The van der Waals surface area contributed by atoms with Gasteiger partial charge in [-0.3, -0.25) is 0 Å². The van der Waals surface area contributed by atoms with E-state index < -0.39 is 0 Å². The van der Waals surface area contributed by atoms with E-state index >= 15 is 0 Å². The van der Waals surface area contributed by atoms with Crippen molar-refractivity contribution in [1.82, 2.24) is 5.32 Å². The quantitative estimate of drug-likeness (QED) is 0.859. The Morgan fingerprint density at radius 3 is 2.89 bits per heavy atom. The Labute approximate surface area is 110 Å². The Bertz CT molecular complexity index is 384. The minimum absolute atomic E-state index is 0.463. The molecule has 1 N–H and O–H groups in total. The van der Waals surface area contributed by atoms with Gasteiger partial charge in [-0.1, -0.05) is 20.3 Å². The lowest BCUT2D eigenvalue weighted by molar-refractivity contribution is 0.143. The largest absolute Gasteiger partial charge is 0.469 e. The van der Waals surface area contributed by atoms with Crippen LogP contribution < -0.4 is 5.32 Å². The molecule has 0 radical (unpaired) electrons. The summed E-state index contributed by atoms with van der Waals surface area (Å²) in [4.78, 5) is 0. The first-order valence-electron chi connectivity index (χ1n) is 7.44. The van der Waals surface area contributed by atoms with Crippen molar-refractivity contribution in [3.05, 3.63) is 24.2 Å². The van der Waals surface area contributed by atoms with Gasteiger partial charge in [-0.15, -0.1) is 0 Å². The average Bonchev–Trinajstić information content (AvgIpc) is 3.02. The number of hydrogen-bond donors (Lipinski definition) is 1. The van der Waals surface area contributed by atoms with Gasteiger partial charge in [0.2, 0.25) is 0 Å². The van der Waals surface area contributed by atoms with Crippen molar-refractivity contribution in [3.63, 3.8) is 0 Å². The van der Waals surface area contributed by atoms with E-state index in [1.165, 1.54) is 31.4 Å². The molecule has 1 aromatic rings. The van der Waals surface area contributed by atoms with Gasteiger partial charge in [0.15, 0.2) is 0 Å². The molecule has 2 nitrogen and oxygen atoms in total. The van der Waals surface area contributed by atoms with Crippen LogP contribution in [0.5, 0.6) is 0 Å². The number of nitrogens with one attached hydrogen (secondary N) is 1. The van der Waals surface area contributed by atoms with Crippen LogP contribution >= 0.6 is 0 Å². The van der Waals surface area contributed by atoms with Crippen molar-refractivity contribution in [3.8, 4) is 0 Å². The van der Waals surface area contributed by atoms with Crippen molar-refractivity contribution < 1.29 is 4.42 Å². The van der Waals surface area contributed by atoms with Crippen molar-refractivity contribution in [2.45, 2.75) is 52.0 Å². The molecule has 100 valence electrons. The van der Waals surface area contributed by atoms with E-state index in [0.29, 0.717) is 11.5 Å². The number of furan rings is 1. The molecule has 2 bridgehead atoms. The Hall–Kier alpha value is -0.760. The number of rotatable bonds is 5. The highest BCUT2D eigenvalue weighted by Crippen LogP contribution is 2.57. The Morgan fingerprint density at radius 1 is 1.44 bits per heavy atom. The predicted molar refractivity (Wildman–Crippen MR) is 73.4 cm³/mol. The summed E-state index contributed by atoms with van der Waals surface area (Å²) in [6, 6.07) is 4.74. The van der Waals surface area contributed by atoms with Gasteiger partial charge in [-0.25, -0.2) is 0 Å². The molecule has 0 amide bonds. The van der Waals surface area contributed by atoms with Crippen molar-refractivity contribution in [1.29, 1.82) is 0 Å². The minimum atomic E-state index is 0.463. The molecule has 2 aliphatic rings. The zero-order valence-corrected chi connectivity index (χ0v) is 11.6. The van der Waals surface area contributed by atoms with Crippen LogP contribution in [0.15, 0.2) is 22.8 Å². The fourth-order valence-corrected chi connectivity index (χ4v) is 4.22. The van der Waals surface area contributed by atoms with E-state index in [1.807, 2.05) is 12.3 Å². The molecule has 0 aromatic carbocycles. The molecule has 1 aromatic heterocycles. The molecule has 2 fully saturated rings. The van der Waals surface area contributed by atoms with Gasteiger partial charge in [0.05, 0.1) is 6.26 Å². The number of fused-ring (bicyclic) bond motifs is 2. The predicted octanol–water partition coefficient (Wildman–Crippen LogP) is 3.63. The second-order valence-corrected chi connectivity index (χ2v) is 6.73. The summed E-state index contributed by atoms with van der Waals surface area (Å²) in [5.41, 5.74) is 0.463. The third kappa shape index (κ3) is 2.23. The van der Waals surface area contributed by atoms with E-state index in [4.69, 9.17) is 4.42 Å². The maximum absolute atomic E-state index is 5.61. The normalized spacial score (nSPS) is 34.6. The number of hydrogen-bond acceptors (Lipinski definition) is 2. The molecular formula is C16H25NO. The summed E-state index contributed by atoms with van der Waals surface area (Å²) in [6.07, 6.45) is 8.70. The summed E-state index contributed by atoms with van der Waals surface area (Å²) < 4.78 is 5.61. The van der Waals surface area contributed by atoms with Crippen LogP contribution in [0.3, 0.4) is 0 Å². The molecule has 0 saturated heterocycles. The van der Waals surface area contributed by atoms with E-state index in [-0.39, 0.29) is 0 Å². The van der Waals surface area contributed by atoms with Gasteiger partial charge < -0.3 is 9.73 Å². The molecule has 2 saturated carbocycles. The van der Waals surface area contributed by atoms with Gasteiger partial charge in [-0.05, 0) is 48.6 Å². The first kappa shape index (κ1) is 12.3. The van der Waals surface area contributed by atoms with E-state index in [9.17, 15) is 0 Å². The maximum Gasteiger partial charge on any atom is 0.104 e. The third-order valence-corrected chi connectivity index (χ3v) is 5.07. The lowest BCUT2D eigenvalue weighted by Gasteiger charge is -2.38. The molecule has 3 unspecified atom stereocenters. The molecule has 0 aliphatic heterocycles. The molecule has 18 heavy (non-hydrogen) atoms. The van der Waals surface area contributed by atoms with E-state index in [1.54, 1.807) is 0 Å². The second kappa shape index (κ2) is 4.73. The van der Waals surface area contributed by atoms with Gasteiger partial charge >= 0.3 is 0 Å². The standard InChI is InChI=1S/C16H25NO/c1-12(2)17-11-16(10-15-4-3-7-18-15)9-13-5-6-14(16)8-13/h3-4,7,12-14,17H,5-6,8-11H2,1-2H3. The fraction of sp³-hybridized carbons (Fsp3) is 0.750. The zero-order chi connectivity index (χ0) is 12.6. The van der Waals surface area contributed by atoms with E-state index in [2.05, 4.69) is 25.2 Å². The smallest absolute Gasteiger partial charge is 0.104 e. The van der Waals surface area contributed by atoms with E-state index in [0.717, 1.165) is 24.8 Å². The highest BCUT2D eigenvalue weighted by atomic mass is 16.3. The molecule has 0 spiro atoms. The highest BCUT2D eigenvalue weighted by molar-refractivity contribution is 5.09. The summed E-state index contributed by atoms with van der Waals surface area (Å²) in [5.74, 6) is 3.07. The van der Waals surface area contributed by atoms with Gasteiger partial charge in [0, 0.05) is 19.0 Å². The summed E-state index contributed by atoms with van der Waals surface area (Å²) in [5, 5.41) is 3.68. The topological polar surface area (TPSA) is 25.2 Å². The first-order chi connectivity index (χ1) is 8.68. The van der Waals surface area contributed by atoms with Crippen LogP contribution in [-0.4, -0.2) is 12.6 Å². The monoisotopic (exact) mass is 247 g/mol. The van der Waals surface area contributed by atoms with Crippen molar-refractivity contribution in [2.75, 3.05) is 6.54 Å². The van der Waals surface area contributed by atoms with Crippen LogP contribution in [0.25, 0.3) is 0 Å². The minimum Gasteiger partial charge on any atom is -0.469 e. The molecule has 3 atom stereocenters. The Balaban J connectivity index is 1.75. The van der Waals surface area contributed by atoms with Crippen LogP contribution in [0.2, 0.25) is 0 Å². The SMILES string of the molecule is CC(C)NCC1(Cc2ccco2)CC2CCC1C2. The maximum atomic E-state index is 5.61. The lowest BCUT2D eigenvalue weighted by atomic mass is 9.70. The lowest BCUT2D eigenvalue weighted by Crippen LogP contribution is -2.42. The summed E-state index contributed by atoms with van der Waals surface area (Å²) in [6.45, 7) is 5.65. The fourth-order valence-electron chi connectivity index (χ4n) is 4.22. The third-order valence-electron chi connectivity index (χ3n) is 5.07. The zero-order valence-electron chi connectivity index (χ0n) is 11.6. The summed E-state index contributed by atoms with van der Waals surface area (Å²) in [7, 11) is 0. The van der Waals surface area contributed by atoms with Gasteiger partial charge in [0.1, 0.15) is 5.76 Å². The van der Waals surface area contributed by atoms with Gasteiger partial charge in [-0.2, -0.15) is 0 Å². The molecular weight excluding hydrogens is 222 g/mol. The molecule has 3 rings (SSSR count). The Kier molecular flexibility index (Phi) is 3.23. The Morgan fingerprint density at radius 2 is 2.33 bits per heavy atom. The van der Waals surface area contributed by atoms with Crippen LogP contribution in [0.1, 0.15) is 45.3 Å². The molecule has 2 heteroatoms. The summed E-state index contributed by atoms with van der Waals surface area (Å²) >= 11 is 0. The molecule has 2 aliphatic carbocycles. The average molecular weight is 247 g/mol. The van der Waals surface area contributed by atoms with Crippen molar-refractivity contribution >= 4 is 0 Å². The first-order valence-corrected chi connectivity index (χ1v) is 7.44. The molecule has 1 heterocycles. The second-order valence-electron chi connectivity index (χ2n) is 6.73. The van der Waals surface area contributed by atoms with Gasteiger partial charge in [0.25, 0.3) is 0 Å². The van der Waals surface area contributed by atoms with Crippen LogP contribution in [-0.2, 0) is 6.42 Å². The highest BCUT2D eigenvalue weighted by Gasteiger charge is 2.50. The van der Waals surface area contributed by atoms with Crippen molar-refractivity contribution in [2.24, 2.45) is 17.3 Å².